The van der Waals surface area contributed by atoms with Gasteiger partial charge >= 0.3 is 0 Å². The Bertz CT molecular complexity index is 915. The molecule has 8 nitrogen and oxygen atoms in total. The molecule has 1 aliphatic rings. The van der Waals surface area contributed by atoms with E-state index in [2.05, 4.69) is 15.3 Å². The molecule has 2 amide bonds. The van der Waals surface area contributed by atoms with Gasteiger partial charge in [-0.05, 0) is 19.8 Å². The van der Waals surface area contributed by atoms with Crippen molar-refractivity contribution in [3.05, 3.63) is 52.6 Å². The maximum absolute atomic E-state index is 12.7. The summed E-state index contributed by atoms with van der Waals surface area (Å²) < 4.78 is 5.77. The topological polar surface area (TPSA) is 104 Å². The van der Waals surface area contributed by atoms with Crippen molar-refractivity contribution in [1.82, 2.24) is 20.2 Å². The number of piperidine rings is 1. The second kappa shape index (κ2) is 9.86. The number of likely N-dealkylation sites (tertiary alicyclic amines) is 1. The van der Waals surface area contributed by atoms with Crippen LogP contribution in [0, 0.1) is 0 Å². The molecule has 9 heteroatoms. The average molecular weight is 433 g/mol. The van der Waals surface area contributed by atoms with Crippen LogP contribution in [0.15, 0.2) is 30.3 Å². The zero-order valence-corrected chi connectivity index (χ0v) is 17.7. The average Bonchev–Trinajstić information content (AvgIpc) is 3.15. The molecule has 1 aromatic carbocycles. The summed E-state index contributed by atoms with van der Waals surface area (Å²) in [6.45, 7) is 4.73. The van der Waals surface area contributed by atoms with E-state index in [0.29, 0.717) is 37.3 Å². The number of halogens is 1. The molecule has 1 aromatic heterocycles. The van der Waals surface area contributed by atoms with Gasteiger partial charge in [0.2, 0.25) is 5.78 Å². The Labute approximate surface area is 180 Å². The Kier molecular flexibility index (Phi) is 7.23. The first-order valence-corrected chi connectivity index (χ1v) is 10.4. The SMILES string of the molecule is CCO[C@@H]1CN(C(=O)C(=O)c2ccccc2)CC[C@@H]1NC(=O)c1nc(Cl)c(CC)[nH]1. The third-order valence-corrected chi connectivity index (χ3v) is 5.38. The van der Waals surface area contributed by atoms with Crippen molar-refractivity contribution in [2.75, 3.05) is 19.7 Å². The van der Waals surface area contributed by atoms with Gasteiger partial charge in [0.05, 0.1) is 17.8 Å². The Hall–Kier alpha value is -2.71. The van der Waals surface area contributed by atoms with Gasteiger partial charge in [-0.1, -0.05) is 48.9 Å². The molecule has 0 spiro atoms. The summed E-state index contributed by atoms with van der Waals surface area (Å²) in [5.74, 6) is -1.36. The van der Waals surface area contributed by atoms with E-state index in [-0.39, 0.29) is 29.5 Å². The molecule has 1 saturated heterocycles. The molecule has 0 radical (unpaired) electrons. The van der Waals surface area contributed by atoms with E-state index >= 15 is 0 Å². The number of Topliss-reactive ketones (excluding diaryl/α,β-unsaturated/α-hetero) is 1. The molecular weight excluding hydrogens is 408 g/mol. The number of carbonyl (C=O) groups is 3. The Morgan fingerprint density at radius 1 is 1.27 bits per heavy atom. The number of amides is 2. The molecule has 0 aliphatic carbocycles. The van der Waals surface area contributed by atoms with Crippen molar-refractivity contribution >= 4 is 29.2 Å². The third-order valence-electron chi connectivity index (χ3n) is 5.07. The fraction of sp³-hybridized carbons (Fsp3) is 0.429. The van der Waals surface area contributed by atoms with Gasteiger partial charge in [-0.25, -0.2) is 4.98 Å². The van der Waals surface area contributed by atoms with E-state index in [1.165, 1.54) is 4.90 Å². The van der Waals surface area contributed by atoms with Crippen molar-refractivity contribution in [3.63, 3.8) is 0 Å². The lowest BCUT2D eigenvalue weighted by Gasteiger charge is -2.38. The van der Waals surface area contributed by atoms with Crippen molar-refractivity contribution in [2.24, 2.45) is 0 Å². The maximum atomic E-state index is 12.7. The first-order valence-electron chi connectivity index (χ1n) is 10.00. The van der Waals surface area contributed by atoms with Crippen LogP contribution in [0.3, 0.4) is 0 Å². The summed E-state index contributed by atoms with van der Waals surface area (Å²) in [7, 11) is 0. The molecule has 2 heterocycles. The van der Waals surface area contributed by atoms with Crippen LogP contribution in [-0.4, -0.2) is 64.3 Å². The molecule has 2 N–H and O–H groups in total. The fourth-order valence-corrected chi connectivity index (χ4v) is 3.74. The van der Waals surface area contributed by atoms with E-state index in [1.54, 1.807) is 30.3 Å². The van der Waals surface area contributed by atoms with Gasteiger partial charge in [0.15, 0.2) is 11.0 Å². The number of aryl methyl sites for hydroxylation is 1. The van der Waals surface area contributed by atoms with Crippen LogP contribution in [0.4, 0.5) is 0 Å². The molecular formula is C21H25ClN4O4. The molecule has 3 rings (SSSR count). The molecule has 1 aliphatic heterocycles. The third kappa shape index (κ3) is 4.88. The Morgan fingerprint density at radius 3 is 2.63 bits per heavy atom. The number of imidazole rings is 1. The lowest BCUT2D eigenvalue weighted by Crippen LogP contribution is -2.57. The number of nitrogens with one attached hydrogen (secondary N) is 2. The molecule has 2 atom stereocenters. The van der Waals surface area contributed by atoms with E-state index in [9.17, 15) is 14.4 Å². The van der Waals surface area contributed by atoms with Crippen LogP contribution in [0.25, 0.3) is 0 Å². The van der Waals surface area contributed by atoms with E-state index in [1.807, 2.05) is 13.8 Å². The maximum Gasteiger partial charge on any atom is 0.295 e. The fourth-order valence-electron chi connectivity index (χ4n) is 3.47. The summed E-state index contributed by atoms with van der Waals surface area (Å²) >= 11 is 6.02. The van der Waals surface area contributed by atoms with Gasteiger partial charge in [-0.2, -0.15) is 0 Å². The van der Waals surface area contributed by atoms with Gasteiger partial charge < -0.3 is 19.9 Å². The molecule has 0 bridgehead atoms. The molecule has 2 aromatic rings. The minimum Gasteiger partial charge on any atom is -0.375 e. The van der Waals surface area contributed by atoms with Crippen LogP contribution in [0.2, 0.25) is 5.15 Å². The monoisotopic (exact) mass is 432 g/mol. The van der Waals surface area contributed by atoms with Gasteiger partial charge in [0.25, 0.3) is 11.8 Å². The minimum absolute atomic E-state index is 0.143. The lowest BCUT2D eigenvalue weighted by molar-refractivity contribution is -0.131. The van der Waals surface area contributed by atoms with Gasteiger partial charge in [0.1, 0.15) is 0 Å². The number of ether oxygens (including phenoxy) is 1. The second-order valence-corrected chi connectivity index (χ2v) is 7.38. The Morgan fingerprint density at radius 2 is 2.00 bits per heavy atom. The number of hydrogen-bond donors (Lipinski definition) is 2. The lowest BCUT2D eigenvalue weighted by atomic mass is 10.00. The Balaban J connectivity index is 1.66. The molecule has 0 saturated carbocycles. The van der Waals surface area contributed by atoms with Crippen LogP contribution >= 0.6 is 11.6 Å². The number of rotatable bonds is 7. The summed E-state index contributed by atoms with van der Waals surface area (Å²) in [5, 5.41) is 3.20. The normalized spacial score (nSPS) is 18.8. The summed E-state index contributed by atoms with van der Waals surface area (Å²) in [4.78, 5) is 46.2. The zero-order valence-electron chi connectivity index (χ0n) is 17.0. The minimum atomic E-state index is -0.568. The predicted molar refractivity (Wildman–Crippen MR) is 112 cm³/mol. The smallest absolute Gasteiger partial charge is 0.295 e. The number of benzene rings is 1. The summed E-state index contributed by atoms with van der Waals surface area (Å²) in [6.07, 6.45) is 0.659. The highest BCUT2D eigenvalue weighted by molar-refractivity contribution is 6.42. The number of nitrogens with zero attached hydrogens (tertiary/aromatic N) is 2. The first-order chi connectivity index (χ1) is 14.4. The second-order valence-electron chi connectivity index (χ2n) is 7.02. The number of H-pyrrole nitrogens is 1. The quantitative estimate of drug-likeness (QED) is 0.515. The number of ketones is 1. The standard InChI is InChI=1S/C21H25ClN4O4/c1-3-14-18(22)25-19(23-14)20(28)24-15-10-11-26(12-16(15)30-4-2)21(29)17(27)13-8-6-5-7-9-13/h5-9,15-16H,3-4,10-12H2,1-2H3,(H,23,25)(H,24,28)/t15-,16+/m0/s1. The van der Waals surface area contributed by atoms with Crippen molar-refractivity contribution < 1.29 is 19.1 Å². The van der Waals surface area contributed by atoms with Crippen LogP contribution in [0.5, 0.6) is 0 Å². The van der Waals surface area contributed by atoms with Crippen molar-refractivity contribution in [2.45, 2.75) is 38.8 Å². The zero-order chi connectivity index (χ0) is 21.7. The first kappa shape index (κ1) is 22.0. The summed E-state index contributed by atoms with van der Waals surface area (Å²) in [5.41, 5.74) is 1.05. The van der Waals surface area contributed by atoms with Gasteiger partial charge in [0, 0.05) is 25.3 Å². The molecule has 1 fully saturated rings. The van der Waals surface area contributed by atoms with E-state index in [4.69, 9.17) is 16.3 Å². The molecule has 30 heavy (non-hydrogen) atoms. The highest BCUT2D eigenvalue weighted by atomic mass is 35.5. The van der Waals surface area contributed by atoms with Gasteiger partial charge in [-0.15, -0.1) is 0 Å². The largest absolute Gasteiger partial charge is 0.375 e. The highest BCUT2D eigenvalue weighted by Gasteiger charge is 2.35. The number of hydrogen-bond acceptors (Lipinski definition) is 5. The van der Waals surface area contributed by atoms with E-state index < -0.39 is 17.8 Å². The number of carbonyl (C=O) groups excluding carboxylic acids is 3. The molecule has 160 valence electrons. The molecule has 0 unspecified atom stereocenters. The van der Waals surface area contributed by atoms with Crippen molar-refractivity contribution in [3.8, 4) is 0 Å². The van der Waals surface area contributed by atoms with E-state index in [0.717, 1.165) is 0 Å². The van der Waals surface area contributed by atoms with Crippen molar-refractivity contribution in [1.29, 1.82) is 0 Å². The number of aromatic amines is 1. The van der Waals surface area contributed by atoms with Crippen LogP contribution in [0.1, 0.15) is 46.9 Å². The van der Waals surface area contributed by atoms with Gasteiger partial charge in [-0.3, -0.25) is 14.4 Å². The summed E-state index contributed by atoms with van der Waals surface area (Å²) in [6, 6.07) is 8.14. The van der Waals surface area contributed by atoms with Crippen LogP contribution < -0.4 is 5.32 Å². The van der Waals surface area contributed by atoms with Crippen LogP contribution in [-0.2, 0) is 16.0 Å². The number of aromatic nitrogens is 2. The predicted octanol–water partition coefficient (Wildman–Crippen LogP) is 2.24. The highest BCUT2D eigenvalue weighted by Crippen LogP contribution is 2.18.